The van der Waals surface area contributed by atoms with Gasteiger partial charge in [0.25, 0.3) is 0 Å². The molecule has 0 radical (unpaired) electrons. The number of esters is 3. The van der Waals surface area contributed by atoms with Crippen molar-refractivity contribution >= 4 is 17.9 Å². The van der Waals surface area contributed by atoms with Crippen LogP contribution in [0.5, 0.6) is 0 Å². The number of ether oxygens (including phenoxy) is 4. The van der Waals surface area contributed by atoms with Crippen LogP contribution >= 0.6 is 0 Å². The molecular weight excluding hydrogens is 528 g/mol. The number of allylic oxidation sites excluding steroid dienone is 2. The molecule has 9 nitrogen and oxygen atoms in total. The highest BCUT2D eigenvalue weighted by Gasteiger charge is 2.78. The molecule has 220 valence electrons. The van der Waals surface area contributed by atoms with Crippen LogP contribution in [-0.4, -0.2) is 48.6 Å². The molecule has 3 aliphatic carbocycles. The van der Waals surface area contributed by atoms with Crippen molar-refractivity contribution in [2.75, 3.05) is 13.7 Å². The number of cyclic esters (lactones) is 1. The van der Waals surface area contributed by atoms with Gasteiger partial charge in [-0.2, -0.15) is 0 Å². The molecule has 1 N–H and O–H groups in total. The predicted octanol–water partition coefficient (Wildman–Crippen LogP) is 4.72. The molecule has 41 heavy (non-hydrogen) atoms. The van der Waals surface area contributed by atoms with E-state index < -0.39 is 64.0 Å². The van der Waals surface area contributed by atoms with E-state index in [1.807, 2.05) is 19.9 Å². The van der Waals surface area contributed by atoms with Gasteiger partial charge in [0.15, 0.2) is 5.79 Å². The summed E-state index contributed by atoms with van der Waals surface area (Å²) < 4.78 is 28.9. The second-order valence-corrected chi connectivity index (χ2v) is 12.9. The molecule has 0 spiro atoms. The van der Waals surface area contributed by atoms with E-state index in [0.717, 1.165) is 22.3 Å². The van der Waals surface area contributed by atoms with Gasteiger partial charge in [-0.25, -0.2) is 9.59 Å². The van der Waals surface area contributed by atoms with Crippen LogP contribution in [0.15, 0.2) is 57.5 Å². The Kier molecular flexibility index (Phi) is 6.25. The lowest BCUT2D eigenvalue weighted by Crippen LogP contribution is -2.78. The van der Waals surface area contributed by atoms with E-state index in [0.29, 0.717) is 24.8 Å². The average Bonchev–Trinajstić information content (AvgIpc) is 3.48. The standard InChI is InChI=1S/C32H38O9/c1-7-17(2)28(35)41-27-22-12-19-20(31(5)23(14-24(33)37-6)30(27,4)16-39-32(22,31)36)8-10-29(3)21(19)13-25(34)40-26(29)18-9-11-38-15-18/h7,9,11,13,15,22-23,26-27,36H,8,10,12,14,16H2,1-6H3/b17-7+/t22-,23-,26-,27+,29+,30-,31+,32+/m0/s1. The smallest absolute Gasteiger partial charge is 0.333 e. The minimum absolute atomic E-state index is 0.0192. The van der Waals surface area contributed by atoms with Crippen LogP contribution < -0.4 is 0 Å². The van der Waals surface area contributed by atoms with Crippen molar-refractivity contribution in [2.24, 2.45) is 28.1 Å². The van der Waals surface area contributed by atoms with E-state index >= 15 is 0 Å². The molecule has 6 aliphatic rings. The van der Waals surface area contributed by atoms with Crippen molar-refractivity contribution in [1.82, 2.24) is 0 Å². The summed E-state index contributed by atoms with van der Waals surface area (Å²) in [4.78, 5) is 39.1. The van der Waals surface area contributed by atoms with Gasteiger partial charge in [-0.15, -0.1) is 0 Å². The lowest BCUT2D eigenvalue weighted by Gasteiger charge is -2.72. The highest BCUT2D eigenvalue weighted by atomic mass is 16.6. The summed E-state index contributed by atoms with van der Waals surface area (Å²) in [6.45, 7) is 9.63. The van der Waals surface area contributed by atoms with E-state index in [9.17, 15) is 19.5 Å². The molecule has 7 rings (SSSR count). The summed E-state index contributed by atoms with van der Waals surface area (Å²) in [5.41, 5.74) is 1.70. The van der Waals surface area contributed by atoms with Gasteiger partial charge in [-0.05, 0) is 56.2 Å². The third-order valence-electron chi connectivity index (χ3n) is 11.1. The highest BCUT2D eigenvalue weighted by molar-refractivity contribution is 5.88. The number of carbonyl (C=O) groups excluding carboxylic acids is 3. The van der Waals surface area contributed by atoms with Crippen LogP contribution in [0.4, 0.5) is 0 Å². The number of hydrogen-bond acceptors (Lipinski definition) is 9. The maximum absolute atomic E-state index is 13.2. The zero-order chi connectivity index (χ0) is 29.5. The monoisotopic (exact) mass is 566 g/mol. The van der Waals surface area contributed by atoms with Gasteiger partial charge < -0.3 is 28.5 Å². The van der Waals surface area contributed by atoms with Crippen molar-refractivity contribution in [1.29, 1.82) is 0 Å². The fraction of sp³-hybridized carbons (Fsp3) is 0.594. The molecule has 4 bridgehead atoms. The third kappa shape index (κ3) is 3.57. The fourth-order valence-electron chi connectivity index (χ4n) is 8.75. The summed E-state index contributed by atoms with van der Waals surface area (Å²) >= 11 is 0. The molecule has 1 saturated carbocycles. The fourth-order valence-corrected chi connectivity index (χ4v) is 8.75. The second kappa shape index (κ2) is 9.16. The average molecular weight is 567 g/mol. The minimum Gasteiger partial charge on any atom is -0.472 e. The second-order valence-electron chi connectivity index (χ2n) is 12.9. The first-order chi connectivity index (χ1) is 19.3. The highest BCUT2D eigenvalue weighted by Crippen LogP contribution is 2.73. The van der Waals surface area contributed by atoms with Gasteiger partial charge in [0.1, 0.15) is 12.2 Å². The Labute approximate surface area is 239 Å². The molecule has 1 aromatic heterocycles. The Balaban J connectivity index is 1.54. The largest absolute Gasteiger partial charge is 0.472 e. The lowest BCUT2D eigenvalue weighted by molar-refractivity contribution is -0.417. The van der Waals surface area contributed by atoms with Crippen LogP contribution in [0.3, 0.4) is 0 Å². The van der Waals surface area contributed by atoms with E-state index in [4.69, 9.17) is 23.4 Å². The van der Waals surface area contributed by atoms with Crippen molar-refractivity contribution in [2.45, 2.75) is 78.3 Å². The summed E-state index contributed by atoms with van der Waals surface area (Å²) in [6, 6.07) is 1.81. The quantitative estimate of drug-likeness (QED) is 0.306. The van der Waals surface area contributed by atoms with Crippen molar-refractivity contribution in [3.63, 3.8) is 0 Å². The zero-order valence-electron chi connectivity index (χ0n) is 24.4. The Morgan fingerprint density at radius 2 is 2.00 bits per heavy atom. The molecule has 3 aliphatic heterocycles. The Bertz CT molecular complexity index is 1400. The molecule has 4 heterocycles. The summed E-state index contributed by atoms with van der Waals surface area (Å²) in [6.07, 6.45) is 6.78. The summed E-state index contributed by atoms with van der Waals surface area (Å²) in [5.74, 6) is -4.10. The molecular formula is C32H38O9. The van der Waals surface area contributed by atoms with Crippen LogP contribution in [-0.2, 0) is 33.3 Å². The number of aliphatic hydroxyl groups is 1. The van der Waals surface area contributed by atoms with Crippen LogP contribution in [0, 0.1) is 28.1 Å². The van der Waals surface area contributed by atoms with E-state index in [2.05, 4.69) is 6.92 Å². The lowest BCUT2D eigenvalue weighted by atomic mass is 9.39. The summed E-state index contributed by atoms with van der Waals surface area (Å²) in [5, 5.41) is 12.5. The number of fused-ring (bicyclic) bond motifs is 3. The van der Waals surface area contributed by atoms with Gasteiger partial charge in [-0.3, -0.25) is 4.79 Å². The molecule has 8 atom stereocenters. The number of methoxy groups -OCH3 is 1. The molecule has 2 saturated heterocycles. The van der Waals surface area contributed by atoms with Crippen LogP contribution in [0.2, 0.25) is 0 Å². The molecule has 1 aromatic rings. The van der Waals surface area contributed by atoms with Crippen LogP contribution in [0.1, 0.15) is 72.0 Å². The molecule has 9 heteroatoms. The van der Waals surface area contributed by atoms with Crippen molar-refractivity contribution in [3.05, 3.63) is 58.6 Å². The van der Waals surface area contributed by atoms with E-state index in [-0.39, 0.29) is 13.0 Å². The first kappa shape index (κ1) is 28.0. The number of hydrogen-bond donors (Lipinski definition) is 1. The number of furan rings is 1. The Hall–Kier alpha value is -3.17. The van der Waals surface area contributed by atoms with Gasteiger partial charge in [0.05, 0.1) is 38.6 Å². The molecule has 0 aromatic carbocycles. The van der Waals surface area contributed by atoms with Gasteiger partial charge in [0, 0.05) is 33.5 Å². The number of rotatable bonds is 5. The van der Waals surface area contributed by atoms with Gasteiger partial charge >= 0.3 is 17.9 Å². The summed E-state index contributed by atoms with van der Waals surface area (Å²) in [7, 11) is 1.35. The first-order valence-electron chi connectivity index (χ1n) is 14.3. The van der Waals surface area contributed by atoms with Gasteiger partial charge in [-0.1, -0.05) is 32.4 Å². The van der Waals surface area contributed by atoms with Crippen molar-refractivity contribution < 1.29 is 42.9 Å². The van der Waals surface area contributed by atoms with Crippen LogP contribution in [0.25, 0.3) is 0 Å². The maximum atomic E-state index is 13.2. The molecule has 0 unspecified atom stereocenters. The first-order valence-corrected chi connectivity index (χ1v) is 14.3. The number of carbonyl (C=O) groups is 3. The van der Waals surface area contributed by atoms with Gasteiger partial charge in [0.2, 0.25) is 0 Å². The third-order valence-corrected chi connectivity index (χ3v) is 11.1. The Morgan fingerprint density at radius 1 is 1.24 bits per heavy atom. The normalized spacial score (nSPS) is 41.2. The molecule has 0 amide bonds. The molecule has 3 fully saturated rings. The minimum atomic E-state index is -1.69. The van der Waals surface area contributed by atoms with E-state index in [1.165, 1.54) is 7.11 Å². The SMILES string of the molecule is C/C=C(\C)C(=O)O[C@@H]1[C@@H]2CC3=C(CC[C@]4(C)C3=CC(=O)O[C@H]4c3ccoc3)[C@]3(C)[C@@H](CC(=O)OC)[C@]1(C)CO[C@]23O. The Morgan fingerprint density at radius 3 is 2.66 bits per heavy atom. The maximum Gasteiger partial charge on any atom is 0.333 e. The topological polar surface area (TPSA) is 122 Å². The predicted molar refractivity (Wildman–Crippen MR) is 145 cm³/mol. The van der Waals surface area contributed by atoms with Crippen molar-refractivity contribution in [3.8, 4) is 0 Å². The zero-order valence-corrected chi connectivity index (χ0v) is 24.4. The van der Waals surface area contributed by atoms with E-state index in [1.54, 1.807) is 38.5 Å².